The van der Waals surface area contributed by atoms with E-state index in [9.17, 15) is 4.79 Å². The fourth-order valence-corrected chi connectivity index (χ4v) is 3.13. The highest BCUT2D eigenvalue weighted by molar-refractivity contribution is 5.72. The van der Waals surface area contributed by atoms with Crippen LogP contribution >= 0.6 is 0 Å². The van der Waals surface area contributed by atoms with E-state index in [0.717, 1.165) is 25.7 Å². The van der Waals surface area contributed by atoms with Gasteiger partial charge in [-0.3, -0.25) is 4.79 Å². The zero-order valence-corrected chi connectivity index (χ0v) is 14.4. The van der Waals surface area contributed by atoms with E-state index >= 15 is 0 Å². The number of rotatable bonds is 10. The zero-order valence-electron chi connectivity index (χ0n) is 14.4. The molecule has 2 rings (SSSR count). The van der Waals surface area contributed by atoms with Crippen molar-refractivity contribution in [2.45, 2.75) is 77.2 Å². The molecule has 0 heterocycles. The lowest BCUT2D eigenvalue weighted by molar-refractivity contribution is -0.146. The molecule has 0 N–H and O–H groups in total. The Morgan fingerprint density at radius 2 is 1.74 bits per heavy atom. The van der Waals surface area contributed by atoms with Crippen molar-refractivity contribution >= 4 is 11.5 Å². The summed E-state index contributed by atoms with van der Waals surface area (Å²) in [7, 11) is 0. The van der Waals surface area contributed by atoms with E-state index in [0.29, 0.717) is 6.42 Å². The molecule has 1 aliphatic rings. The van der Waals surface area contributed by atoms with Crippen LogP contribution < -0.4 is 0 Å². The first-order valence-electron chi connectivity index (χ1n) is 9.25. The Labute approximate surface area is 140 Å². The average molecular weight is 314 g/mol. The predicted octanol–water partition coefficient (Wildman–Crippen LogP) is 5.92. The molecular weight excluding hydrogens is 284 g/mol. The minimum atomic E-state index is -0.0332. The molecule has 0 saturated carbocycles. The number of carbonyl (C=O) groups excluding carboxylic acids is 1. The molecule has 23 heavy (non-hydrogen) atoms. The first kappa shape index (κ1) is 17.8. The third-order valence-electron chi connectivity index (χ3n) is 4.50. The lowest BCUT2D eigenvalue weighted by atomic mass is 10.1. The van der Waals surface area contributed by atoms with Crippen LogP contribution in [0.15, 0.2) is 36.4 Å². The van der Waals surface area contributed by atoms with E-state index in [-0.39, 0.29) is 12.1 Å². The van der Waals surface area contributed by atoms with Gasteiger partial charge >= 0.3 is 5.97 Å². The molecule has 0 spiro atoms. The Hall–Kier alpha value is -1.57. The van der Waals surface area contributed by atoms with E-state index < -0.39 is 0 Å². The number of unbranched alkanes of at least 4 members (excludes halogenated alkanes) is 6. The molecule has 0 bridgehead atoms. The SMILES string of the molecule is CCCCCCCCCC(=O)O[C@H]1C=C(c2ccccc2)CC1. The van der Waals surface area contributed by atoms with Crippen LogP contribution in [0.25, 0.3) is 5.57 Å². The van der Waals surface area contributed by atoms with Gasteiger partial charge < -0.3 is 4.74 Å². The molecule has 0 saturated heterocycles. The molecule has 0 amide bonds. The highest BCUT2D eigenvalue weighted by Crippen LogP contribution is 2.29. The molecule has 1 atom stereocenters. The highest BCUT2D eigenvalue weighted by Gasteiger charge is 2.20. The molecular formula is C21H30O2. The number of benzene rings is 1. The van der Waals surface area contributed by atoms with Crippen molar-refractivity contribution in [3.63, 3.8) is 0 Å². The van der Waals surface area contributed by atoms with Gasteiger partial charge in [0.2, 0.25) is 0 Å². The van der Waals surface area contributed by atoms with Gasteiger partial charge in [0.05, 0.1) is 0 Å². The van der Waals surface area contributed by atoms with Gasteiger partial charge in [-0.2, -0.15) is 0 Å². The predicted molar refractivity (Wildman–Crippen MR) is 96.1 cm³/mol. The second kappa shape index (κ2) is 10.3. The van der Waals surface area contributed by atoms with Crippen LogP contribution in [0.5, 0.6) is 0 Å². The molecule has 1 aliphatic carbocycles. The molecule has 1 aromatic rings. The Morgan fingerprint density at radius 3 is 2.48 bits per heavy atom. The summed E-state index contributed by atoms with van der Waals surface area (Å²) < 4.78 is 5.59. The molecule has 0 unspecified atom stereocenters. The van der Waals surface area contributed by atoms with Crippen LogP contribution in [0, 0.1) is 0 Å². The molecule has 0 aromatic heterocycles. The minimum absolute atomic E-state index is 0.0257. The smallest absolute Gasteiger partial charge is 0.306 e. The number of allylic oxidation sites excluding steroid dienone is 1. The second-order valence-electron chi connectivity index (χ2n) is 6.50. The van der Waals surface area contributed by atoms with Crippen LogP contribution in [0.3, 0.4) is 0 Å². The van der Waals surface area contributed by atoms with Gasteiger partial charge in [-0.15, -0.1) is 0 Å². The summed E-state index contributed by atoms with van der Waals surface area (Å²) in [5, 5.41) is 0. The van der Waals surface area contributed by atoms with Gasteiger partial charge in [0.1, 0.15) is 6.10 Å². The van der Waals surface area contributed by atoms with Crippen molar-refractivity contribution in [1.82, 2.24) is 0 Å². The minimum Gasteiger partial charge on any atom is -0.458 e. The van der Waals surface area contributed by atoms with E-state index in [1.54, 1.807) is 0 Å². The summed E-state index contributed by atoms with van der Waals surface area (Å²) >= 11 is 0. The summed E-state index contributed by atoms with van der Waals surface area (Å²) in [6.45, 7) is 2.23. The third-order valence-corrected chi connectivity index (χ3v) is 4.50. The Balaban J connectivity index is 1.62. The lowest BCUT2D eigenvalue weighted by Gasteiger charge is -2.09. The van der Waals surface area contributed by atoms with Gasteiger partial charge in [0.25, 0.3) is 0 Å². The first-order chi connectivity index (χ1) is 11.3. The van der Waals surface area contributed by atoms with E-state index in [1.165, 1.54) is 43.2 Å². The molecule has 0 radical (unpaired) electrons. The quantitative estimate of drug-likeness (QED) is 0.396. The van der Waals surface area contributed by atoms with Crippen molar-refractivity contribution in [1.29, 1.82) is 0 Å². The molecule has 2 nitrogen and oxygen atoms in total. The van der Waals surface area contributed by atoms with Crippen LogP contribution in [-0.2, 0) is 9.53 Å². The average Bonchev–Trinajstić information content (AvgIpc) is 3.03. The second-order valence-corrected chi connectivity index (χ2v) is 6.50. The molecule has 126 valence electrons. The number of ether oxygens (including phenoxy) is 1. The Morgan fingerprint density at radius 1 is 1.04 bits per heavy atom. The molecule has 0 fully saturated rings. The van der Waals surface area contributed by atoms with Gasteiger partial charge in [-0.05, 0) is 36.5 Å². The van der Waals surface area contributed by atoms with Gasteiger partial charge in [-0.25, -0.2) is 0 Å². The standard InChI is InChI=1S/C21H30O2/c1-2-3-4-5-6-7-11-14-21(22)23-20-16-15-19(17-20)18-12-9-8-10-13-18/h8-10,12-13,17,20H,2-7,11,14-16H2,1H3/t20-/m1/s1. The topological polar surface area (TPSA) is 26.3 Å². The number of esters is 1. The van der Waals surface area contributed by atoms with Crippen molar-refractivity contribution in [2.24, 2.45) is 0 Å². The van der Waals surface area contributed by atoms with Crippen molar-refractivity contribution in [2.75, 3.05) is 0 Å². The molecule has 0 aliphatic heterocycles. The van der Waals surface area contributed by atoms with Crippen LogP contribution in [-0.4, -0.2) is 12.1 Å². The normalized spacial score (nSPS) is 17.1. The van der Waals surface area contributed by atoms with Gasteiger partial charge in [-0.1, -0.05) is 75.8 Å². The van der Waals surface area contributed by atoms with E-state index in [1.807, 2.05) is 6.07 Å². The fourth-order valence-electron chi connectivity index (χ4n) is 3.13. The monoisotopic (exact) mass is 314 g/mol. The maximum absolute atomic E-state index is 11.9. The van der Waals surface area contributed by atoms with Crippen LogP contribution in [0.2, 0.25) is 0 Å². The van der Waals surface area contributed by atoms with Crippen LogP contribution in [0.1, 0.15) is 76.7 Å². The summed E-state index contributed by atoms with van der Waals surface area (Å²) in [5.41, 5.74) is 2.55. The highest BCUT2D eigenvalue weighted by atomic mass is 16.5. The Bertz CT molecular complexity index is 490. The largest absolute Gasteiger partial charge is 0.458 e. The summed E-state index contributed by atoms with van der Waals surface area (Å²) in [5.74, 6) is -0.0332. The number of hydrogen-bond acceptors (Lipinski definition) is 2. The van der Waals surface area contributed by atoms with E-state index in [2.05, 4.69) is 37.3 Å². The van der Waals surface area contributed by atoms with Gasteiger partial charge in [0.15, 0.2) is 0 Å². The fraction of sp³-hybridized carbons (Fsp3) is 0.571. The molecule has 2 heteroatoms. The van der Waals surface area contributed by atoms with Crippen LogP contribution in [0.4, 0.5) is 0 Å². The number of hydrogen-bond donors (Lipinski definition) is 0. The van der Waals surface area contributed by atoms with E-state index in [4.69, 9.17) is 4.74 Å². The van der Waals surface area contributed by atoms with Crippen molar-refractivity contribution in [3.05, 3.63) is 42.0 Å². The number of carbonyl (C=O) groups is 1. The van der Waals surface area contributed by atoms with Gasteiger partial charge in [0, 0.05) is 6.42 Å². The maximum atomic E-state index is 11.9. The lowest BCUT2D eigenvalue weighted by Crippen LogP contribution is -2.13. The van der Waals surface area contributed by atoms with Crippen molar-refractivity contribution in [3.8, 4) is 0 Å². The zero-order chi connectivity index (χ0) is 16.3. The Kier molecular flexibility index (Phi) is 7.92. The first-order valence-corrected chi connectivity index (χ1v) is 9.25. The third kappa shape index (κ3) is 6.60. The summed E-state index contributed by atoms with van der Waals surface area (Å²) in [6.07, 6.45) is 13.2. The summed E-state index contributed by atoms with van der Waals surface area (Å²) in [4.78, 5) is 11.9. The summed E-state index contributed by atoms with van der Waals surface area (Å²) in [6, 6.07) is 10.4. The molecule has 1 aromatic carbocycles. The van der Waals surface area contributed by atoms with Crippen molar-refractivity contribution < 1.29 is 9.53 Å². The maximum Gasteiger partial charge on any atom is 0.306 e.